The Morgan fingerprint density at radius 3 is 2.86 bits per heavy atom. The van der Waals surface area contributed by atoms with Gasteiger partial charge in [-0.05, 0) is 38.1 Å². The number of hydrogen-bond donors (Lipinski definition) is 1. The zero-order valence-electron chi connectivity index (χ0n) is 13.1. The predicted molar refractivity (Wildman–Crippen MR) is 87.9 cm³/mol. The van der Waals surface area contributed by atoms with Gasteiger partial charge in [-0.25, -0.2) is 4.98 Å². The van der Waals surface area contributed by atoms with Crippen molar-refractivity contribution in [3.63, 3.8) is 0 Å². The number of aromatic nitrogens is 1. The Kier molecular flexibility index (Phi) is 4.34. The largest absolute Gasteiger partial charge is 0.441 e. The molecule has 0 atom stereocenters. The lowest BCUT2D eigenvalue weighted by Crippen LogP contribution is -2.47. The quantitative estimate of drug-likeness (QED) is 0.923. The number of carbonyl (C=O) groups excluding carboxylic acids is 1. The van der Waals surface area contributed by atoms with Crippen LogP contribution in [0.1, 0.15) is 50.5 Å². The number of hydrogen-bond acceptors (Lipinski definition) is 4. The third-order valence-electron chi connectivity index (χ3n) is 4.39. The van der Waals surface area contributed by atoms with Gasteiger partial charge >= 0.3 is 0 Å². The van der Waals surface area contributed by atoms with Crippen LogP contribution in [-0.2, 0) is 11.2 Å². The molecule has 0 aromatic carbocycles. The molecular formula is C17H22N2O2S. The first-order chi connectivity index (χ1) is 10.6. The van der Waals surface area contributed by atoms with Crippen molar-refractivity contribution in [3.8, 4) is 11.5 Å². The van der Waals surface area contributed by atoms with E-state index < -0.39 is 0 Å². The molecule has 1 aliphatic rings. The van der Waals surface area contributed by atoms with E-state index in [9.17, 15) is 4.79 Å². The lowest BCUT2D eigenvalue weighted by Gasteiger charge is -2.34. The van der Waals surface area contributed by atoms with Crippen LogP contribution in [0.25, 0.3) is 11.5 Å². The maximum atomic E-state index is 12.3. The third-order valence-corrected chi connectivity index (χ3v) is 5.07. The summed E-state index contributed by atoms with van der Waals surface area (Å²) < 4.78 is 5.69. The number of carbonyl (C=O) groups is 1. The maximum Gasteiger partial charge on any atom is 0.227 e. The van der Waals surface area contributed by atoms with Crippen molar-refractivity contribution in [2.45, 2.75) is 57.9 Å². The summed E-state index contributed by atoms with van der Waals surface area (Å²) in [5, 5.41) is 7.19. The van der Waals surface area contributed by atoms with Gasteiger partial charge in [-0.3, -0.25) is 4.79 Å². The molecule has 2 aromatic rings. The lowest BCUT2D eigenvalue weighted by molar-refractivity contribution is -0.122. The van der Waals surface area contributed by atoms with Crippen molar-refractivity contribution in [2.75, 3.05) is 0 Å². The average molecular weight is 318 g/mol. The maximum absolute atomic E-state index is 12.3. The second kappa shape index (κ2) is 6.24. The minimum Gasteiger partial charge on any atom is -0.441 e. The highest BCUT2D eigenvalue weighted by atomic mass is 32.1. The summed E-state index contributed by atoms with van der Waals surface area (Å²) in [4.78, 5) is 16.8. The molecule has 0 spiro atoms. The SMILES string of the molecule is Cc1oc(-c2ccsc2)nc1CC(=O)NC1(C)CCCCC1. The fourth-order valence-corrected chi connectivity index (χ4v) is 3.72. The molecule has 22 heavy (non-hydrogen) atoms. The van der Waals surface area contributed by atoms with E-state index in [-0.39, 0.29) is 17.9 Å². The van der Waals surface area contributed by atoms with E-state index in [1.807, 2.05) is 23.8 Å². The van der Waals surface area contributed by atoms with Gasteiger partial charge in [0.2, 0.25) is 11.8 Å². The molecule has 118 valence electrons. The summed E-state index contributed by atoms with van der Waals surface area (Å²) in [5.41, 5.74) is 1.65. The van der Waals surface area contributed by atoms with Gasteiger partial charge in [0.15, 0.2) is 0 Å². The standard InChI is InChI=1S/C17H22N2O2S/c1-12-14(18-16(21-12)13-6-9-22-11-13)10-15(20)19-17(2)7-4-3-5-8-17/h6,9,11H,3-5,7-8,10H2,1-2H3,(H,19,20). The molecular weight excluding hydrogens is 296 g/mol. The molecule has 5 heteroatoms. The smallest absolute Gasteiger partial charge is 0.227 e. The molecule has 2 heterocycles. The fourth-order valence-electron chi connectivity index (χ4n) is 3.09. The minimum absolute atomic E-state index is 0.0395. The first-order valence-corrected chi connectivity index (χ1v) is 8.80. The highest BCUT2D eigenvalue weighted by Gasteiger charge is 2.28. The number of amides is 1. The molecule has 1 saturated carbocycles. The second-order valence-corrected chi connectivity index (χ2v) is 7.16. The molecule has 3 rings (SSSR count). The number of rotatable bonds is 4. The highest BCUT2D eigenvalue weighted by molar-refractivity contribution is 7.08. The van der Waals surface area contributed by atoms with Gasteiger partial charge in [-0.1, -0.05) is 19.3 Å². The molecule has 1 N–H and O–H groups in total. The van der Waals surface area contributed by atoms with Gasteiger partial charge in [0, 0.05) is 16.5 Å². The molecule has 1 aliphatic carbocycles. The van der Waals surface area contributed by atoms with Crippen molar-refractivity contribution < 1.29 is 9.21 Å². The lowest BCUT2D eigenvalue weighted by atomic mass is 9.83. The summed E-state index contributed by atoms with van der Waals surface area (Å²) in [6.07, 6.45) is 6.09. The Morgan fingerprint density at radius 2 is 2.18 bits per heavy atom. The van der Waals surface area contributed by atoms with E-state index in [1.54, 1.807) is 11.3 Å². The summed E-state index contributed by atoms with van der Waals surface area (Å²) in [6.45, 7) is 4.02. The van der Waals surface area contributed by atoms with Crippen molar-refractivity contribution in [1.82, 2.24) is 10.3 Å². The van der Waals surface area contributed by atoms with Crippen molar-refractivity contribution in [3.05, 3.63) is 28.3 Å². The fraction of sp³-hybridized carbons (Fsp3) is 0.529. The zero-order chi connectivity index (χ0) is 15.6. The van der Waals surface area contributed by atoms with Gasteiger partial charge in [0.05, 0.1) is 12.1 Å². The topological polar surface area (TPSA) is 55.1 Å². The Bertz CT molecular complexity index is 640. The van der Waals surface area contributed by atoms with Crippen LogP contribution in [0, 0.1) is 6.92 Å². The molecule has 0 bridgehead atoms. The van der Waals surface area contributed by atoms with Crippen LogP contribution in [0.5, 0.6) is 0 Å². The molecule has 0 radical (unpaired) electrons. The monoisotopic (exact) mass is 318 g/mol. The molecule has 0 aliphatic heterocycles. The van der Waals surface area contributed by atoms with Crippen LogP contribution < -0.4 is 5.32 Å². The van der Waals surface area contributed by atoms with Crippen LogP contribution in [0.4, 0.5) is 0 Å². The van der Waals surface area contributed by atoms with Crippen LogP contribution in [-0.4, -0.2) is 16.4 Å². The van der Waals surface area contributed by atoms with Gasteiger partial charge in [0.25, 0.3) is 0 Å². The van der Waals surface area contributed by atoms with Crippen molar-refractivity contribution in [2.24, 2.45) is 0 Å². The number of aryl methyl sites for hydroxylation is 1. The molecule has 1 fully saturated rings. The summed E-state index contributed by atoms with van der Waals surface area (Å²) in [7, 11) is 0. The van der Waals surface area contributed by atoms with Crippen LogP contribution >= 0.6 is 11.3 Å². The average Bonchev–Trinajstić information content (AvgIpc) is 3.09. The Hall–Kier alpha value is -1.62. The minimum atomic E-state index is -0.0524. The van der Waals surface area contributed by atoms with Gasteiger partial charge in [-0.15, -0.1) is 0 Å². The zero-order valence-corrected chi connectivity index (χ0v) is 14.0. The Balaban J connectivity index is 1.66. The molecule has 1 amide bonds. The summed E-state index contributed by atoms with van der Waals surface area (Å²) in [5.74, 6) is 1.37. The predicted octanol–water partition coefficient (Wildman–Crippen LogP) is 4.09. The number of thiophene rings is 1. The third kappa shape index (κ3) is 3.40. The highest BCUT2D eigenvalue weighted by Crippen LogP contribution is 2.28. The number of nitrogens with one attached hydrogen (secondary N) is 1. The Labute approximate surface area is 134 Å². The first kappa shape index (κ1) is 15.3. The molecule has 2 aromatic heterocycles. The van der Waals surface area contributed by atoms with Gasteiger partial charge in [-0.2, -0.15) is 11.3 Å². The normalized spacial score (nSPS) is 17.4. The molecule has 4 nitrogen and oxygen atoms in total. The van der Waals surface area contributed by atoms with E-state index >= 15 is 0 Å². The van der Waals surface area contributed by atoms with Crippen LogP contribution in [0.3, 0.4) is 0 Å². The van der Waals surface area contributed by atoms with Gasteiger partial charge in [0.1, 0.15) is 5.76 Å². The van der Waals surface area contributed by atoms with E-state index in [2.05, 4.69) is 17.2 Å². The van der Waals surface area contributed by atoms with E-state index in [1.165, 1.54) is 19.3 Å². The molecule has 0 unspecified atom stereocenters. The Morgan fingerprint density at radius 1 is 1.41 bits per heavy atom. The first-order valence-electron chi connectivity index (χ1n) is 7.86. The summed E-state index contributed by atoms with van der Waals surface area (Å²) >= 11 is 1.61. The molecule has 0 saturated heterocycles. The van der Waals surface area contributed by atoms with E-state index in [4.69, 9.17) is 4.42 Å². The van der Waals surface area contributed by atoms with E-state index in [0.717, 1.165) is 29.9 Å². The van der Waals surface area contributed by atoms with Crippen molar-refractivity contribution >= 4 is 17.2 Å². The van der Waals surface area contributed by atoms with Gasteiger partial charge < -0.3 is 9.73 Å². The number of nitrogens with zero attached hydrogens (tertiary/aromatic N) is 1. The van der Waals surface area contributed by atoms with Crippen molar-refractivity contribution in [1.29, 1.82) is 0 Å². The van der Waals surface area contributed by atoms with E-state index in [0.29, 0.717) is 5.89 Å². The van der Waals surface area contributed by atoms with Crippen LogP contribution in [0.2, 0.25) is 0 Å². The second-order valence-electron chi connectivity index (χ2n) is 6.38. The number of oxazole rings is 1. The van der Waals surface area contributed by atoms with Crippen LogP contribution in [0.15, 0.2) is 21.2 Å². The summed E-state index contributed by atoms with van der Waals surface area (Å²) in [6, 6.07) is 1.98.